The smallest absolute Gasteiger partial charge is 0.444 e. The highest BCUT2D eigenvalue weighted by Crippen LogP contribution is 2.35. The van der Waals surface area contributed by atoms with E-state index in [4.69, 9.17) is 16.0 Å². The van der Waals surface area contributed by atoms with Gasteiger partial charge >= 0.3 is 24.5 Å². The summed E-state index contributed by atoms with van der Waals surface area (Å²) < 4.78 is 116. The first kappa shape index (κ1) is 55.3. The van der Waals surface area contributed by atoms with Crippen LogP contribution in [0.15, 0.2) is 61.2 Å². The maximum absolute atomic E-state index is 14.5. The molecule has 0 radical (unpaired) electrons. The maximum Gasteiger partial charge on any atom is 0.451 e. The van der Waals surface area contributed by atoms with Gasteiger partial charge in [-0.1, -0.05) is 19.1 Å². The van der Waals surface area contributed by atoms with E-state index in [9.17, 15) is 54.3 Å². The van der Waals surface area contributed by atoms with Crippen LogP contribution < -0.4 is 0 Å². The summed E-state index contributed by atoms with van der Waals surface area (Å²) in [6.45, 7) is 23.3. The number of aryl methyl sites for hydroxylation is 2. The largest absolute Gasteiger partial charge is 0.451 e. The quantitative estimate of drug-likeness (QED) is 0.111. The molecule has 0 unspecified atom stereocenters. The van der Waals surface area contributed by atoms with Crippen molar-refractivity contribution in [1.29, 1.82) is 0 Å². The molecule has 4 aromatic rings. The lowest BCUT2D eigenvalue weighted by atomic mass is 9.97. The Kier molecular flexibility index (Phi) is 17.0. The second kappa shape index (κ2) is 21.8. The molecule has 21 heteroatoms. The van der Waals surface area contributed by atoms with Crippen molar-refractivity contribution in [3.8, 4) is 22.3 Å². The van der Waals surface area contributed by atoms with Gasteiger partial charge in [0, 0.05) is 54.8 Å². The van der Waals surface area contributed by atoms with Crippen LogP contribution in [-0.2, 0) is 44.3 Å². The first-order valence-corrected chi connectivity index (χ1v) is 22.7. The van der Waals surface area contributed by atoms with E-state index >= 15 is 0 Å². The molecule has 2 aromatic carbocycles. The van der Waals surface area contributed by atoms with Crippen LogP contribution in [0, 0.1) is 24.1 Å². The zero-order valence-corrected chi connectivity index (χ0v) is 40.6. The molecule has 6 atom stereocenters. The highest BCUT2D eigenvalue weighted by atomic mass is 19.4. The second-order valence-electron chi connectivity index (χ2n) is 19.6. The Morgan fingerprint density at radius 2 is 0.972 bits per heavy atom. The number of ketones is 2. The van der Waals surface area contributed by atoms with Gasteiger partial charge in [-0.25, -0.2) is 44.9 Å². The molecule has 2 aliphatic heterocycles. The summed E-state index contributed by atoms with van der Waals surface area (Å²) in [6.07, 6.45) is -5.91. The number of carbonyl (C=O) groups is 4. The van der Waals surface area contributed by atoms with Gasteiger partial charge < -0.3 is 14.3 Å². The molecule has 2 fully saturated rings. The SMILES string of the molecule is C[C@H]1C[C@@H](C(=O)CCc2cc(-c3cnc(C(F)(F)F)nc3)ccc2F)N(C(=O)OC(C)(C)C)[C@H]1C.[C-]#[N+][C@@H]1C[C@@H](C(=O)CCc2cc(-c3cnc(C(F)(F)F)nc3)ccc2F)N(C(=O)OC(C)(C)C)[C@H]1C. The van der Waals surface area contributed by atoms with E-state index in [0.717, 1.165) is 30.9 Å². The first-order chi connectivity index (χ1) is 32.9. The van der Waals surface area contributed by atoms with Gasteiger partial charge in [-0.2, -0.15) is 26.3 Å². The predicted octanol–water partition coefficient (Wildman–Crippen LogP) is 11.3. The number of halogens is 8. The van der Waals surface area contributed by atoms with Crippen LogP contribution >= 0.6 is 0 Å². The highest BCUT2D eigenvalue weighted by molar-refractivity contribution is 5.89. The molecule has 0 N–H and O–H groups in total. The van der Waals surface area contributed by atoms with Gasteiger partial charge in [0.2, 0.25) is 17.7 Å². The number of likely N-dealkylation sites (tertiary alicyclic amines) is 2. The molecule has 13 nitrogen and oxygen atoms in total. The molecule has 382 valence electrons. The monoisotopic (exact) mass is 1000 g/mol. The van der Waals surface area contributed by atoms with E-state index in [-0.39, 0.29) is 72.3 Å². The number of carbonyl (C=O) groups excluding carboxylic acids is 4. The third-order valence-corrected chi connectivity index (χ3v) is 12.0. The number of hydrogen-bond donors (Lipinski definition) is 0. The summed E-state index contributed by atoms with van der Waals surface area (Å²) in [5.41, 5.74) is 0.299. The molecule has 2 amide bonds. The fourth-order valence-electron chi connectivity index (χ4n) is 8.17. The number of benzene rings is 2. The molecule has 6 rings (SSSR count). The van der Waals surface area contributed by atoms with Crippen molar-refractivity contribution in [3.05, 3.63) is 107 Å². The van der Waals surface area contributed by atoms with E-state index in [1.807, 2.05) is 13.8 Å². The third-order valence-electron chi connectivity index (χ3n) is 12.0. The molecule has 4 heterocycles. The predicted molar refractivity (Wildman–Crippen MR) is 243 cm³/mol. The van der Waals surface area contributed by atoms with Gasteiger partial charge in [-0.05, 0) is 127 Å². The minimum atomic E-state index is -4.68. The van der Waals surface area contributed by atoms with E-state index in [0.29, 0.717) is 23.1 Å². The van der Waals surface area contributed by atoms with Crippen LogP contribution in [0.4, 0.5) is 44.7 Å². The van der Waals surface area contributed by atoms with Gasteiger partial charge in [-0.3, -0.25) is 19.4 Å². The molecular weight excluding hydrogens is 947 g/mol. The fourth-order valence-corrected chi connectivity index (χ4v) is 8.17. The van der Waals surface area contributed by atoms with Crippen LogP contribution in [0.5, 0.6) is 0 Å². The molecule has 0 saturated carbocycles. The topological polar surface area (TPSA) is 149 Å². The summed E-state index contributed by atoms with van der Waals surface area (Å²) in [5, 5.41) is 0. The molecule has 2 saturated heterocycles. The van der Waals surface area contributed by atoms with Gasteiger partial charge in [0.1, 0.15) is 34.9 Å². The Hall–Kier alpha value is -6.59. The average Bonchev–Trinajstić information content (AvgIpc) is 3.78. The minimum absolute atomic E-state index is 0.00424. The summed E-state index contributed by atoms with van der Waals surface area (Å²) in [6, 6.07) is 5.25. The lowest BCUT2D eigenvalue weighted by Gasteiger charge is -2.31. The normalized spacial score (nSPS) is 20.5. The number of aromatic nitrogens is 4. The highest BCUT2D eigenvalue weighted by Gasteiger charge is 2.50. The number of alkyl halides is 6. The second-order valence-corrected chi connectivity index (χ2v) is 19.6. The Labute approximate surface area is 406 Å². The molecule has 0 bridgehead atoms. The zero-order chi connectivity index (χ0) is 53.0. The maximum atomic E-state index is 14.5. The number of rotatable bonds is 10. The van der Waals surface area contributed by atoms with Crippen LogP contribution in [0.25, 0.3) is 27.1 Å². The summed E-state index contributed by atoms with van der Waals surface area (Å²) in [7, 11) is 0. The lowest BCUT2D eigenvalue weighted by Crippen LogP contribution is -2.47. The number of hydrogen-bond acceptors (Lipinski definition) is 10. The van der Waals surface area contributed by atoms with Crippen molar-refractivity contribution in [3.63, 3.8) is 0 Å². The number of ether oxygens (including phenoxy) is 2. The van der Waals surface area contributed by atoms with Crippen LogP contribution in [0.2, 0.25) is 0 Å². The molecule has 71 heavy (non-hydrogen) atoms. The van der Waals surface area contributed by atoms with Gasteiger partial charge in [0.05, 0.1) is 12.5 Å². The Morgan fingerprint density at radius 1 is 0.606 bits per heavy atom. The van der Waals surface area contributed by atoms with Crippen molar-refractivity contribution < 1.29 is 63.8 Å². The average molecular weight is 1000 g/mol. The molecular formula is C50H55F8N7O6. The summed E-state index contributed by atoms with van der Waals surface area (Å²) >= 11 is 0. The lowest BCUT2D eigenvalue weighted by molar-refractivity contribution is -0.145. The van der Waals surface area contributed by atoms with E-state index < -0.39 is 83.2 Å². The van der Waals surface area contributed by atoms with Crippen molar-refractivity contribution in [1.82, 2.24) is 29.7 Å². The molecule has 2 aromatic heterocycles. The van der Waals surface area contributed by atoms with E-state index in [2.05, 4.69) is 24.8 Å². The van der Waals surface area contributed by atoms with E-state index in [1.54, 1.807) is 48.5 Å². The zero-order valence-electron chi connectivity index (χ0n) is 40.6. The standard InChI is InChI=1S/C25H26F4N4O3.C25H29F4N3O3/c1-14-19(30-5)11-20(33(14)23(35)36-24(2,3)4)21(34)9-7-16-10-15(6-8-18(16)26)17-12-31-22(32-13-17)25(27,28)29;1-14-10-20(32(15(14)2)23(34)35-24(3,4)5)21(33)9-7-17-11-16(6-8-19(17)26)18-12-30-22(31-13-18)25(27,28)29/h6,8,10,12-14,19-20H,7,9,11H2,1-4H3;6,8,11-15,20H,7,9-10H2,1-5H3/t14-,19+,20-;14-,15-,20-/m00/s1. The Morgan fingerprint density at radius 3 is 1.32 bits per heavy atom. The fraction of sp³-hybridized carbons (Fsp3) is 0.500. The van der Waals surface area contributed by atoms with Gasteiger partial charge in [0.25, 0.3) is 0 Å². The van der Waals surface area contributed by atoms with E-state index in [1.165, 1.54) is 40.1 Å². The minimum Gasteiger partial charge on any atom is -0.444 e. The molecule has 0 spiro atoms. The number of Topliss-reactive ketones (excluding diaryl/α,β-unsaturated/α-hetero) is 2. The Bertz CT molecular complexity index is 2610. The molecule has 2 aliphatic rings. The van der Waals surface area contributed by atoms with Crippen LogP contribution in [0.3, 0.4) is 0 Å². The van der Waals surface area contributed by atoms with Crippen molar-refractivity contribution in [2.75, 3.05) is 0 Å². The van der Waals surface area contributed by atoms with Crippen molar-refractivity contribution >= 4 is 23.8 Å². The summed E-state index contributed by atoms with van der Waals surface area (Å²) in [4.78, 5) is 71.3. The van der Waals surface area contributed by atoms with Gasteiger partial charge in [0.15, 0.2) is 11.6 Å². The van der Waals surface area contributed by atoms with Crippen LogP contribution in [-0.4, -0.2) is 94.9 Å². The van der Waals surface area contributed by atoms with Crippen LogP contribution in [0.1, 0.15) is 111 Å². The Balaban J connectivity index is 0.000000264. The van der Waals surface area contributed by atoms with Gasteiger partial charge in [-0.15, -0.1) is 0 Å². The molecule has 0 aliphatic carbocycles. The third kappa shape index (κ3) is 14.3. The number of amides is 2. The van der Waals surface area contributed by atoms with Crippen molar-refractivity contribution in [2.24, 2.45) is 5.92 Å². The number of nitrogens with zero attached hydrogens (tertiary/aromatic N) is 7. The summed E-state index contributed by atoms with van der Waals surface area (Å²) in [5.74, 6) is -4.10. The van der Waals surface area contributed by atoms with Crippen molar-refractivity contribution in [2.45, 2.75) is 155 Å². The first-order valence-electron chi connectivity index (χ1n) is 22.7.